The normalized spacial score (nSPS) is 11.5. The number of rotatable bonds is 7. The van der Waals surface area contributed by atoms with E-state index in [1.165, 1.54) is 18.3 Å². The van der Waals surface area contributed by atoms with Crippen molar-refractivity contribution in [2.75, 3.05) is 18.0 Å². The van der Waals surface area contributed by atoms with E-state index in [1.807, 2.05) is 45.0 Å². The van der Waals surface area contributed by atoms with Crippen molar-refractivity contribution in [3.05, 3.63) is 46.3 Å². The van der Waals surface area contributed by atoms with Crippen LogP contribution in [0.4, 0.5) is 5.69 Å². The van der Waals surface area contributed by atoms with E-state index < -0.39 is 10.0 Å². The number of anilines is 1. The fraction of sp³-hybridized carbons (Fsp3) is 0.389. The van der Waals surface area contributed by atoms with Gasteiger partial charge in [0.2, 0.25) is 15.9 Å². The van der Waals surface area contributed by atoms with Gasteiger partial charge in [0.25, 0.3) is 0 Å². The van der Waals surface area contributed by atoms with Crippen LogP contribution in [0.15, 0.2) is 34.5 Å². The van der Waals surface area contributed by atoms with E-state index in [0.29, 0.717) is 4.21 Å². The highest BCUT2D eigenvalue weighted by Gasteiger charge is 2.18. The third kappa shape index (κ3) is 5.14. The Morgan fingerprint density at radius 3 is 2.32 bits per heavy atom. The maximum Gasteiger partial charge on any atom is 0.250 e. The molecule has 0 spiro atoms. The first kappa shape index (κ1) is 19.6. The smallest absolute Gasteiger partial charge is 0.250 e. The molecule has 25 heavy (non-hydrogen) atoms. The Labute approximate surface area is 153 Å². The van der Waals surface area contributed by atoms with Crippen LogP contribution in [0.5, 0.6) is 0 Å². The average molecular weight is 381 g/mol. The highest BCUT2D eigenvalue weighted by atomic mass is 32.2. The lowest BCUT2D eigenvalue weighted by molar-refractivity contribution is -0.116. The summed E-state index contributed by atoms with van der Waals surface area (Å²) in [5, 5.41) is 0. The predicted octanol–water partition coefficient (Wildman–Crippen LogP) is 3.26. The molecule has 136 valence electrons. The second-order valence-electron chi connectivity index (χ2n) is 5.99. The largest absolute Gasteiger partial charge is 0.311 e. The number of amides is 1. The Morgan fingerprint density at radius 2 is 1.80 bits per heavy atom. The van der Waals surface area contributed by atoms with E-state index in [4.69, 9.17) is 0 Å². The average Bonchev–Trinajstić information content (AvgIpc) is 3.00. The molecule has 2 rings (SSSR count). The molecule has 0 radical (unpaired) electrons. The zero-order valence-corrected chi connectivity index (χ0v) is 16.6. The number of benzene rings is 1. The minimum Gasteiger partial charge on any atom is -0.311 e. The summed E-state index contributed by atoms with van der Waals surface area (Å²) in [6.45, 7) is 7.86. The number of thiophene rings is 1. The molecule has 1 N–H and O–H groups in total. The standard InChI is InChI=1S/C18H24N2O3S2/c1-5-17-6-7-18(24-17)25(22,23)19-8-9-20(15(4)21)16-11-13(2)10-14(3)12-16/h6-7,10-12,19H,5,8-9H2,1-4H3. The summed E-state index contributed by atoms with van der Waals surface area (Å²) in [7, 11) is -3.54. The first-order chi connectivity index (χ1) is 11.7. The Balaban J connectivity index is 2.07. The minimum absolute atomic E-state index is 0.117. The summed E-state index contributed by atoms with van der Waals surface area (Å²) >= 11 is 1.27. The van der Waals surface area contributed by atoms with Crippen LogP contribution in [0, 0.1) is 13.8 Å². The molecule has 0 saturated heterocycles. The SMILES string of the molecule is CCc1ccc(S(=O)(=O)NCCN(C(C)=O)c2cc(C)cc(C)c2)s1. The molecular formula is C18H24N2O3S2. The van der Waals surface area contributed by atoms with Crippen molar-refractivity contribution in [1.29, 1.82) is 0 Å². The van der Waals surface area contributed by atoms with Crippen LogP contribution in [-0.2, 0) is 21.2 Å². The fourth-order valence-corrected chi connectivity index (χ4v) is 4.99. The van der Waals surface area contributed by atoms with E-state index in [1.54, 1.807) is 11.0 Å². The Morgan fingerprint density at radius 1 is 1.16 bits per heavy atom. The lowest BCUT2D eigenvalue weighted by atomic mass is 10.1. The van der Waals surface area contributed by atoms with Gasteiger partial charge in [0, 0.05) is 30.6 Å². The molecule has 0 bridgehead atoms. The molecule has 0 atom stereocenters. The van der Waals surface area contributed by atoms with Gasteiger partial charge in [-0.1, -0.05) is 13.0 Å². The zero-order valence-electron chi connectivity index (χ0n) is 15.0. The van der Waals surface area contributed by atoms with E-state index in [9.17, 15) is 13.2 Å². The molecule has 1 heterocycles. The number of carbonyl (C=O) groups excluding carboxylic acids is 1. The summed E-state index contributed by atoms with van der Waals surface area (Å²) in [6, 6.07) is 9.34. The van der Waals surface area contributed by atoms with Gasteiger partial charge in [0.15, 0.2) is 0 Å². The quantitative estimate of drug-likeness (QED) is 0.802. The lowest BCUT2D eigenvalue weighted by Crippen LogP contribution is -2.37. The van der Waals surface area contributed by atoms with Crippen LogP contribution in [0.25, 0.3) is 0 Å². The van der Waals surface area contributed by atoms with E-state index in [-0.39, 0.29) is 19.0 Å². The molecule has 1 aromatic heterocycles. The second kappa shape index (κ2) is 8.12. The molecule has 1 aromatic carbocycles. The van der Waals surface area contributed by atoms with Gasteiger partial charge < -0.3 is 4.90 Å². The molecule has 0 aliphatic heterocycles. The molecule has 7 heteroatoms. The topological polar surface area (TPSA) is 66.5 Å². The van der Waals surface area contributed by atoms with Crippen molar-refractivity contribution < 1.29 is 13.2 Å². The molecule has 0 saturated carbocycles. The van der Waals surface area contributed by atoms with Gasteiger partial charge in [-0.15, -0.1) is 11.3 Å². The van der Waals surface area contributed by atoms with Gasteiger partial charge in [-0.25, -0.2) is 13.1 Å². The summed E-state index contributed by atoms with van der Waals surface area (Å²) in [5.41, 5.74) is 2.91. The number of nitrogens with one attached hydrogen (secondary N) is 1. The van der Waals surface area contributed by atoms with E-state index >= 15 is 0 Å². The Kier molecular flexibility index (Phi) is 6.37. The van der Waals surface area contributed by atoms with Crippen molar-refractivity contribution in [1.82, 2.24) is 4.72 Å². The minimum atomic E-state index is -3.54. The van der Waals surface area contributed by atoms with Crippen LogP contribution in [0.1, 0.15) is 29.9 Å². The molecular weight excluding hydrogens is 356 g/mol. The van der Waals surface area contributed by atoms with Gasteiger partial charge in [0.1, 0.15) is 4.21 Å². The number of hydrogen-bond acceptors (Lipinski definition) is 4. The first-order valence-corrected chi connectivity index (χ1v) is 10.5. The van der Waals surface area contributed by atoms with Crippen LogP contribution < -0.4 is 9.62 Å². The molecule has 0 fully saturated rings. The van der Waals surface area contributed by atoms with Crippen LogP contribution in [0.2, 0.25) is 0 Å². The number of nitrogens with zero attached hydrogens (tertiary/aromatic N) is 1. The fourth-order valence-electron chi connectivity index (χ4n) is 2.63. The highest BCUT2D eigenvalue weighted by Crippen LogP contribution is 2.22. The predicted molar refractivity (Wildman–Crippen MR) is 103 cm³/mol. The summed E-state index contributed by atoms with van der Waals surface area (Å²) < 4.78 is 27.6. The molecule has 0 aliphatic carbocycles. The number of carbonyl (C=O) groups is 1. The van der Waals surface area contributed by atoms with Crippen molar-refractivity contribution in [3.63, 3.8) is 0 Å². The summed E-state index contributed by atoms with van der Waals surface area (Å²) in [4.78, 5) is 14.6. The van der Waals surface area contributed by atoms with E-state index in [2.05, 4.69) is 4.72 Å². The van der Waals surface area contributed by atoms with Crippen molar-refractivity contribution in [2.24, 2.45) is 0 Å². The lowest BCUT2D eigenvalue weighted by Gasteiger charge is -2.22. The van der Waals surface area contributed by atoms with Gasteiger partial charge in [-0.3, -0.25) is 4.79 Å². The van der Waals surface area contributed by atoms with Gasteiger partial charge in [-0.2, -0.15) is 0 Å². The van der Waals surface area contributed by atoms with Gasteiger partial charge >= 0.3 is 0 Å². The Bertz CT molecular complexity index is 837. The van der Waals surface area contributed by atoms with Crippen LogP contribution >= 0.6 is 11.3 Å². The third-order valence-electron chi connectivity index (χ3n) is 3.78. The van der Waals surface area contributed by atoms with Gasteiger partial charge in [0.05, 0.1) is 0 Å². The summed E-state index contributed by atoms with van der Waals surface area (Å²) in [5.74, 6) is -0.117. The van der Waals surface area contributed by atoms with E-state index in [0.717, 1.165) is 28.1 Å². The molecule has 2 aromatic rings. The molecule has 0 aliphatic rings. The monoisotopic (exact) mass is 380 g/mol. The highest BCUT2D eigenvalue weighted by molar-refractivity contribution is 7.91. The third-order valence-corrected chi connectivity index (χ3v) is 6.96. The maximum atomic E-state index is 12.4. The van der Waals surface area contributed by atoms with Gasteiger partial charge in [-0.05, 0) is 55.7 Å². The first-order valence-electron chi connectivity index (χ1n) is 8.17. The number of sulfonamides is 1. The number of aryl methyl sites for hydroxylation is 3. The van der Waals surface area contributed by atoms with Crippen molar-refractivity contribution in [3.8, 4) is 0 Å². The van der Waals surface area contributed by atoms with Crippen molar-refractivity contribution >= 4 is 33.0 Å². The van der Waals surface area contributed by atoms with Crippen molar-refractivity contribution in [2.45, 2.75) is 38.3 Å². The molecule has 5 nitrogen and oxygen atoms in total. The summed E-state index contributed by atoms with van der Waals surface area (Å²) in [6.07, 6.45) is 0.811. The zero-order chi connectivity index (χ0) is 18.6. The molecule has 1 amide bonds. The van der Waals surface area contributed by atoms with Crippen LogP contribution in [-0.4, -0.2) is 27.4 Å². The Hall–Kier alpha value is -1.70. The second-order valence-corrected chi connectivity index (χ2v) is 9.15. The number of hydrogen-bond donors (Lipinski definition) is 1. The molecule has 0 unspecified atom stereocenters. The maximum absolute atomic E-state index is 12.4. The van der Waals surface area contributed by atoms with Crippen LogP contribution in [0.3, 0.4) is 0 Å².